The smallest absolute Gasteiger partial charge is 0.240 e. The molecule has 0 fully saturated rings. The average Bonchev–Trinajstić information content (AvgIpc) is 2.41. The summed E-state index contributed by atoms with van der Waals surface area (Å²) in [5, 5.41) is 13.6. The Bertz CT molecular complexity index is 463. The Hall–Kier alpha value is -2.18. The van der Waals surface area contributed by atoms with Crippen molar-refractivity contribution in [3.8, 4) is 11.5 Å². The first-order valence-corrected chi connectivity index (χ1v) is 5.81. The van der Waals surface area contributed by atoms with E-state index in [9.17, 15) is 15.0 Å². The predicted molar refractivity (Wildman–Crippen MR) is 69.2 cm³/mol. The van der Waals surface area contributed by atoms with Crippen molar-refractivity contribution >= 4 is 0 Å². The van der Waals surface area contributed by atoms with E-state index in [-0.39, 0.29) is 0 Å². The highest BCUT2D eigenvalue weighted by Gasteiger charge is 2.30. The summed E-state index contributed by atoms with van der Waals surface area (Å²) < 4.78 is 10.5. The molecule has 7 heteroatoms. The molecule has 1 aromatic rings. The molecule has 1 aromatic carbocycles. The minimum Gasteiger partial charge on any atom is -0.493 e. The van der Waals surface area contributed by atoms with E-state index >= 15 is 0 Å². The van der Waals surface area contributed by atoms with Crippen LogP contribution in [-0.4, -0.2) is 24.7 Å². The molecule has 0 radical (unpaired) electrons. The molecular formula is C12H16N2O5. The van der Waals surface area contributed by atoms with Crippen molar-refractivity contribution in [1.29, 1.82) is 0 Å². The van der Waals surface area contributed by atoms with E-state index in [1.54, 1.807) is 12.1 Å². The standard InChI is InChI=1S/C12H16N2O5/c1-4-19-10-6-5-9(7-11(10)18-3)12(13-15)8(2)14(16)17/h5-8,12H,4H2,1-3H3. The normalized spacial score (nSPS) is 13.4. The van der Waals surface area contributed by atoms with Gasteiger partial charge in [-0.05, 0) is 24.6 Å². The third-order valence-corrected chi connectivity index (χ3v) is 2.73. The zero-order valence-electron chi connectivity index (χ0n) is 11.0. The van der Waals surface area contributed by atoms with Crippen LogP contribution in [0.2, 0.25) is 0 Å². The largest absolute Gasteiger partial charge is 0.493 e. The van der Waals surface area contributed by atoms with Crippen molar-refractivity contribution in [2.75, 3.05) is 13.7 Å². The topological polar surface area (TPSA) is 91.0 Å². The fourth-order valence-corrected chi connectivity index (χ4v) is 1.69. The van der Waals surface area contributed by atoms with E-state index in [0.29, 0.717) is 23.7 Å². The zero-order chi connectivity index (χ0) is 14.4. The van der Waals surface area contributed by atoms with Crippen molar-refractivity contribution in [2.45, 2.75) is 25.9 Å². The molecule has 19 heavy (non-hydrogen) atoms. The number of hydrogen-bond acceptors (Lipinski definition) is 6. The number of nitrogens with zero attached hydrogens (tertiary/aromatic N) is 2. The first kappa shape index (κ1) is 14.9. The highest BCUT2D eigenvalue weighted by molar-refractivity contribution is 5.44. The van der Waals surface area contributed by atoms with Crippen LogP contribution in [0, 0.1) is 15.0 Å². The maximum absolute atomic E-state index is 10.8. The van der Waals surface area contributed by atoms with Gasteiger partial charge >= 0.3 is 0 Å². The molecule has 7 nitrogen and oxygen atoms in total. The van der Waals surface area contributed by atoms with E-state index in [1.165, 1.54) is 20.1 Å². The summed E-state index contributed by atoms with van der Waals surface area (Å²) in [4.78, 5) is 21.0. The summed E-state index contributed by atoms with van der Waals surface area (Å²) in [7, 11) is 1.46. The van der Waals surface area contributed by atoms with Crippen LogP contribution in [0.3, 0.4) is 0 Å². The summed E-state index contributed by atoms with van der Waals surface area (Å²) in [6.45, 7) is 3.64. The van der Waals surface area contributed by atoms with Gasteiger partial charge in [0.1, 0.15) is 0 Å². The van der Waals surface area contributed by atoms with Gasteiger partial charge in [-0.15, -0.1) is 4.91 Å². The van der Waals surface area contributed by atoms with Crippen LogP contribution < -0.4 is 9.47 Å². The number of benzene rings is 1. The number of hydrogen-bond donors (Lipinski definition) is 0. The molecular weight excluding hydrogens is 252 g/mol. The molecule has 0 aliphatic rings. The number of methoxy groups -OCH3 is 1. The Morgan fingerprint density at radius 2 is 2.11 bits per heavy atom. The average molecular weight is 268 g/mol. The Morgan fingerprint density at radius 1 is 1.42 bits per heavy atom. The van der Waals surface area contributed by atoms with E-state index < -0.39 is 17.0 Å². The predicted octanol–water partition coefficient (Wildman–Crippen LogP) is 2.57. The van der Waals surface area contributed by atoms with Gasteiger partial charge in [0.25, 0.3) is 0 Å². The fraction of sp³-hybridized carbons (Fsp3) is 0.500. The summed E-state index contributed by atoms with van der Waals surface area (Å²) >= 11 is 0. The second kappa shape index (κ2) is 6.67. The molecule has 2 atom stereocenters. The lowest BCUT2D eigenvalue weighted by molar-refractivity contribution is -0.522. The fourth-order valence-electron chi connectivity index (χ4n) is 1.69. The minimum absolute atomic E-state index is 0.420. The molecule has 2 unspecified atom stereocenters. The van der Waals surface area contributed by atoms with Crippen molar-refractivity contribution in [3.05, 3.63) is 38.8 Å². The van der Waals surface area contributed by atoms with Gasteiger partial charge in [-0.3, -0.25) is 10.1 Å². The van der Waals surface area contributed by atoms with E-state index in [1.807, 2.05) is 6.92 Å². The van der Waals surface area contributed by atoms with Gasteiger partial charge in [0.2, 0.25) is 6.04 Å². The van der Waals surface area contributed by atoms with Crippen molar-refractivity contribution in [3.63, 3.8) is 0 Å². The Balaban J connectivity index is 3.12. The number of ether oxygens (including phenoxy) is 2. The third kappa shape index (κ3) is 3.40. The van der Waals surface area contributed by atoms with Crippen LogP contribution >= 0.6 is 0 Å². The van der Waals surface area contributed by atoms with Crippen molar-refractivity contribution in [1.82, 2.24) is 0 Å². The minimum atomic E-state index is -1.10. The van der Waals surface area contributed by atoms with Gasteiger partial charge in [-0.25, -0.2) is 0 Å². The highest BCUT2D eigenvalue weighted by atomic mass is 16.6. The SMILES string of the molecule is CCOc1ccc(C(N=O)C(C)[N+](=O)[O-])cc1OC. The van der Waals surface area contributed by atoms with Gasteiger partial charge < -0.3 is 9.47 Å². The molecule has 0 saturated carbocycles. The van der Waals surface area contributed by atoms with Gasteiger partial charge in [-0.1, -0.05) is 11.2 Å². The van der Waals surface area contributed by atoms with Gasteiger partial charge in [0.05, 0.1) is 13.7 Å². The second-order valence-corrected chi connectivity index (χ2v) is 3.92. The van der Waals surface area contributed by atoms with Crippen LogP contribution in [0.25, 0.3) is 0 Å². The first-order valence-electron chi connectivity index (χ1n) is 5.81. The number of nitro groups is 1. The van der Waals surface area contributed by atoms with Crippen molar-refractivity contribution in [2.24, 2.45) is 5.18 Å². The quantitative estimate of drug-likeness (QED) is 0.430. The molecule has 0 N–H and O–H groups in total. The molecule has 0 spiro atoms. The summed E-state index contributed by atoms with van der Waals surface area (Å²) in [5.41, 5.74) is 0.430. The Kier molecular flexibility index (Phi) is 5.23. The lowest BCUT2D eigenvalue weighted by atomic mass is 10.0. The van der Waals surface area contributed by atoms with Crippen molar-refractivity contribution < 1.29 is 14.4 Å². The molecule has 104 valence electrons. The lowest BCUT2D eigenvalue weighted by Crippen LogP contribution is -2.22. The van der Waals surface area contributed by atoms with Crippen LogP contribution in [0.4, 0.5) is 0 Å². The van der Waals surface area contributed by atoms with Crippen LogP contribution in [-0.2, 0) is 0 Å². The molecule has 0 amide bonds. The van der Waals surface area contributed by atoms with Crippen LogP contribution in [0.1, 0.15) is 25.5 Å². The highest BCUT2D eigenvalue weighted by Crippen LogP contribution is 2.33. The molecule has 1 rings (SSSR count). The van der Waals surface area contributed by atoms with E-state index in [4.69, 9.17) is 9.47 Å². The summed E-state index contributed by atoms with van der Waals surface area (Å²) in [5.74, 6) is 0.940. The summed E-state index contributed by atoms with van der Waals surface area (Å²) in [6, 6.07) is 2.58. The molecule has 0 aromatic heterocycles. The number of nitroso groups, excluding NO2 is 1. The number of rotatable bonds is 7. The maximum atomic E-state index is 10.8. The monoisotopic (exact) mass is 268 g/mol. The zero-order valence-corrected chi connectivity index (χ0v) is 11.0. The summed E-state index contributed by atoms with van der Waals surface area (Å²) in [6.07, 6.45) is 0. The van der Waals surface area contributed by atoms with E-state index in [0.717, 1.165) is 0 Å². The molecule has 0 bridgehead atoms. The molecule has 0 saturated heterocycles. The molecule has 0 heterocycles. The van der Waals surface area contributed by atoms with Gasteiger partial charge in [-0.2, -0.15) is 0 Å². The first-order chi connectivity index (χ1) is 9.04. The third-order valence-electron chi connectivity index (χ3n) is 2.73. The van der Waals surface area contributed by atoms with Gasteiger partial charge in [0.15, 0.2) is 17.5 Å². The lowest BCUT2D eigenvalue weighted by Gasteiger charge is -2.14. The maximum Gasteiger partial charge on any atom is 0.240 e. The second-order valence-electron chi connectivity index (χ2n) is 3.92. The molecule has 0 aliphatic heterocycles. The van der Waals surface area contributed by atoms with Crippen LogP contribution in [0.15, 0.2) is 23.4 Å². The van der Waals surface area contributed by atoms with Crippen LogP contribution in [0.5, 0.6) is 11.5 Å². The Morgan fingerprint density at radius 3 is 2.58 bits per heavy atom. The van der Waals surface area contributed by atoms with Gasteiger partial charge in [0, 0.05) is 11.8 Å². The Labute approximate surface area is 110 Å². The van der Waals surface area contributed by atoms with E-state index in [2.05, 4.69) is 5.18 Å². The molecule has 0 aliphatic carbocycles.